The van der Waals surface area contributed by atoms with Crippen LogP contribution in [-0.4, -0.2) is 33.1 Å². The summed E-state index contributed by atoms with van der Waals surface area (Å²) < 4.78 is 0. The van der Waals surface area contributed by atoms with Crippen LogP contribution in [-0.2, 0) is 4.79 Å². The van der Waals surface area contributed by atoms with Crippen molar-refractivity contribution in [1.29, 1.82) is 0 Å². The van der Waals surface area contributed by atoms with Crippen molar-refractivity contribution in [3.63, 3.8) is 0 Å². The molecule has 1 heterocycles. The van der Waals surface area contributed by atoms with E-state index in [0.717, 1.165) is 5.69 Å². The van der Waals surface area contributed by atoms with Gasteiger partial charge in [-0.2, -0.15) is 0 Å². The van der Waals surface area contributed by atoms with Crippen LogP contribution < -0.4 is 10.2 Å². The number of rotatable bonds is 2. The lowest BCUT2D eigenvalue weighted by molar-refractivity contribution is -0.128. The summed E-state index contributed by atoms with van der Waals surface area (Å²) in [6, 6.07) is 9.72. The molecule has 1 aromatic rings. The minimum atomic E-state index is -1.40. The predicted octanol–water partition coefficient (Wildman–Crippen LogP) is 1.87. The Bertz CT molecular complexity index is 525. The summed E-state index contributed by atoms with van der Waals surface area (Å²) in [5.41, 5.74) is 4.37. The molecule has 0 saturated carbocycles. The van der Waals surface area contributed by atoms with Crippen molar-refractivity contribution in [2.45, 2.75) is 31.7 Å². The Labute approximate surface area is 116 Å². The molecule has 0 aromatic heterocycles. The van der Waals surface area contributed by atoms with Gasteiger partial charge in [-0.15, -0.1) is 5.54 Å². The molecule has 0 unspecified atom stereocenters. The largest absolute Gasteiger partial charge is 0.360 e. The van der Waals surface area contributed by atoms with Crippen molar-refractivity contribution in [3.05, 3.63) is 30.3 Å². The topological polar surface area (TPSA) is 32.3 Å². The van der Waals surface area contributed by atoms with E-state index >= 15 is 0 Å². The van der Waals surface area contributed by atoms with Crippen LogP contribution in [0.3, 0.4) is 0 Å². The molecule has 1 fully saturated rings. The van der Waals surface area contributed by atoms with Crippen LogP contribution in [0.4, 0.5) is 5.69 Å². The second kappa shape index (κ2) is 5.10. The van der Waals surface area contributed by atoms with Gasteiger partial charge in [0.15, 0.2) is 0 Å². The number of β-lactam (4-membered cyclic amide) rings is 1. The average Bonchev–Trinajstić information content (AvgIpc) is 2.34. The molecule has 1 N–H and O–H groups in total. The first-order valence-electron chi connectivity index (χ1n) is 6.49. The predicted molar refractivity (Wildman–Crippen MR) is 81.7 cm³/mol. The smallest absolute Gasteiger partial charge is 0.246 e. The molecule has 1 aromatic carbocycles. The molecule has 1 saturated heterocycles. The van der Waals surface area contributed by atoms with Crippen molar-refractivity contribution in [1.82, 2.24) is 5.32 Å². The zero-order valence-corrected chi connectivity index (χ0v) is 12.9. The third-order valence-electron chi connectivity index (χ3n) is 3.07. The Balaban J connectivity index is 2.14. The first kappa shape index (κ1) is 13.7. The molecule has 3 nitrogen and oxygen atoms in total. The molecule has 0 aliphatic carbocycles. The Morgan fingerprint density at radius 3 is 2.37 bits per heavy atom. The Kier molecular flexibility index (Phi) is 3.68. The highest BCUT2D eigenvalue weighted by Gasteiger charge is 2.41. The summed E-state index contributed by atoms with van der Waals surface area (Å²) in [5.74, 6) is 3.29. The number of nitrogens with one attached hydrogen (secondary N) is 1. The van der Waals surface area contributed by atoms with E-state index in [-0.39, 0.29) is 18.0 Å². The van der Waals surface area contributed by atoms with Gasteiger partial charge in [-0.05, 0) is 12.1 Å². The fourth-order valence-electron chi connectivity index (χ4n) is 2.01. The quantitative estimate of drug-likeness (QED) is 0.506. The number of carbonyl (C=O) groups excluding carboxylic acids is 1. The molecule has 2 rings (SSSR count). The van der Waals surface area contributed by atoms with Gasteiger partial charge in [-0.3, -0.25) is 4.79 Å². The zero-order chi connectivity index (χ0) is 14.0. The summed E-state index contributed by atoms with van der Waals surface area (Å²) in [4.78, 5) is 13.8. The van der Waals surface area contributed by atoms with Crippen LogP contribution >= 0.6 is 0 Å². The van der Waals surface area contributed by atoms with Crippen molar-refractivity contribution in [2.75, 3.05) is 11.9 Å². The number of hydrogen-bond acceptors (Lipinski definition) is 2. The SMILES string of the molecule is CN(c1ccccc1)[C@@H]1C(=O)N[C@H]1C#C[Si](C)(C)C. The van der Waals surface area contributed by atoms with E-state index in [0.29, 0.717) is 0 Å². The zero-order valence-electron chi connectivity index (χ0n) is 11.9. The van der Waals surface area contributed by atoms with E-state index in [1.54, 1.807) is 0 Å². The summed E-state index contributed by atoms with van der Waals surface area (Å²) in [7, 11) is 0.547. The number of carbonyl (C=O) groups is 1. The number of para-hydroxylation sites is 1. The third kappa shape index (κ3) is 3.18. The maximum atomic E-state index is 11.8. The molecular weight excluding hydrogens is 252 g/mol. The molecule has 19 heavy (non-hydrogen) atoms. The summed E-state index contributed by atoms with van der Waals surface area (Å²) in [6.07, 6.45) is 0. The van der Waals surface area contributed by atoms with Crippen LogP contribution in [0.5, 0.6) is 0 Å². The highest BCUT2D eigenvalue weighted by molar-refractivity contribution is 6.83. The first-order valence-corrected chi connectivity index (χ1v) is 9.99. The van der Waals surface area contributed by atoms with E-state index < -0.39 is 8.07 Å². The Morgan fingerprint density at radius 2 is 1.84 bits per heavy atom. The van der Waals surface area contributed by atoms with E-state index in [1.165, 1.54) is 0 Å². The van der Waals surface area contributed by atoms with E-state index in [1.807, 2.05) is 42.3 Å². The van der Waals surface area contributed by atoms with E-state index in [9.17, 15) is 4.79 Å². The van der Waals surface area contributed by atoms with Gasteiger partial charge in [0, 0.05) is 12.7 Å². The van der Waals surface area contributed by atoms with Crippen molar-refractivity contribution in [3.8, 4) is 11.5 Å². The molecule has 1 amide bonds. The van der Waals surface area contributed by atoms with Crippen molar-refractivity contribution in [2.24, 2.45) is 0 Å². The standard InChI is InChI=1S/C15H20N2OSi/c1-17(12-8-6-5-7-9-12)14-13(16-15(14)18)10-11-19(2,3)4/h5-9,13-14H,1-4H3,(H,16,18)/t13-,14-/m0/s1. The number of amides is 1. The number of benzene rings is 1. The Morgan fingerprint density at radius 1 is 1.21 bits per heavy atom. The molecule has 2 atom stereocenters. The minimum Gasteiger partial charge on any atom is -0.360 e. The second-order valence-corrected chi connectivity index (χ2v) is 10.6. The average molecular weight is 272 g/mol. The van der Waals surface area contributed by atoms with Gasteiger partial charge in [0.25, 0.3) is 0 Å². The third-order valence-corrected chi connectivity index (χ3v) is 3.96. The lowest BCUT2D eigenvalue weighted by Crippen LogP contribution is -2.68. The molecule has 0 bridgehead atoms. The molecule has 0 radical (unpaired) electrons. The Hall–Kier alpha value is -1.73. The van der Waals surface area contributed by atoms with E-state index in [4.69, 9.17) is 0 Å². The molecule has 0 spiro atoms. The minimum absolute atomic E-state index is 0.0515. The summed E-state index contributed by atoms with van der Waals surface area (Å²) in [6.45, 7) is 6.61. The summed E-state index contributed by atoms with van der Waals surface area (Å²) >= 11 is 0. The van der Waals surface area contributed by atoms with Gasteiger partial charge in [0.1, 0.15) is 20.2 Å². The van der Waals surface area contributed by atoms with Crippen LogP contribution in [0, 0.1) is 11.5 Å². The van der Waals surface area contributed by atoms with Crippen LogP contribution in [0.2, 0.25) is 19.6 Å². The maximum absolute atomic E-state index is 11.8. The van der Waals surface area contributed by atoms with Crippen molar-refractivity contribution < 1.29 is 4.79 Å². The first-order chi connectivity index (χ1) is 8.88. The van der Waals surface area contributed by atoms with E-state index in [2.05, 4.69) is 36.4 Å². The fourth-order valence-corrected chi connectivity index (χ4v) is 2.59. The van der Waals surface area contributed by atoms with Crippen molar-refractivity contribution >= 4 is 19.7 Å². The highest BCUT2D eigenvalue weighted by atomic mass is 28.3. The number of nitrogens with zero attached hydrogens (tertiary/aromatic N) is 1. The van der Waals surface area contributed by atoms with Gasteiger partial charge in [-0.1, -0.05) is 43.8 Å². The maximum Gasteiger partial charge on any atom is 0.246 e. The number of hydrogen-bond donors (Lipinski definition) is 1. The van der Waals surface area contributed by atoms with Gasteiger partial charge >= 0.3 is 0 Å². The molecule has 4 heteroatoms. The van der Waals surface area contributed by atoms with Gasteiger partial charge in [0.05, 0.1) is 0 Å². The monoisotopic (exact) mass is 272 g/mol. The molecule has 1 aliphatic heterocycles. The molecular formula is C15H20N2OSi. The van der Waals surface area contributed by atoms with Gasteiger partial charge in [0.2, 0.25) is 5.91 Å². The van der Waals surface area contributed by atoms with Crippen LogP contribution in [0.1, 0.15) is 0 Å². The number of likely N-dealkylation sites (N-methyl/N-ethyl adjacent to an activating group) is 1. The second-order valence-electron chi connectivity index (χ2n) is 5.90. The number of anilines is 1. The molecule has 1 aliphatic rings. The van der Waals surface area contributed by atoms with Gasteiger partial charge < -0.3 is 10.2 Å². The normalized spacial score (nSPS) is 21.8. The lowest BCUT2D eigenvalue weighted by Gasteiger charge is -2.40. The fraction of sp³-hybridized carbons (Fsp3) is 0.400. The molecule has 100 valence electrons. The highest BCUT2D eigenvalue weighted by Crippen LogP contribution is 2.20. The van der Waals surface area contributed by atoms with Gasteiger partial charge in [-0.25, -0.2) is 0 Å². The lowest BCUT2D eigenvalue weighted by atomic mass is 9.98. The van der Waals surface area contributed by atoms with Crippen LogP contribution in [0.15, 0.2) is 30.3 Å². The summed E-state index contributed by atoms with van der Waals surface area (Å²) in [5, 5.41) is 2.88. The van der Waals surface area contributed by atoms with Crippen LogP contribution in [0.25, 0.3) is 0 Å².